The van der Waals surface area contributed by atoms with Crippen LogP contribution in [0.5, 0.6) is 0 Å². The summed E-state index contributed by atoms with van der Waals surface area (Å²) in [5, 5.41) is 1.36. The third-order valence-corrected chi connectivity index (χ3v) is 6.28. The molecule has 92 valence electrons. The molecule has 0 amide bonds. The highest BCUT2D eigenvalue weighted by Crippen LogP contribution is 2.52. The number of fused-ring (bicyclic) bond motifs is 1. The summed E-state index contributed by atoms with van der Waals surface area (Å²) < 4.78 is 6.17. The highest BCUT2D eigenvalue weighted by atomic mass is 28.3. The quantitative estimate of drug-likeness (QED) is 0.527. The van der Waals surface area contributed by atoms with Crippen molar-refractivity contribution in [3.63, 3.8) is 0 Å². The third-order valence-electron chi connectivity index (χ3n) is 4.13. The van der Waals surface area contributed by atoms with E-state index in [0.717, 1.165) is 12.0 Å². The summed E-state index contributed by atoms with van der Waals surface area (Å²) in [6, 6.07) is 0. The van der Waals surface area contributed by atoms with Gasteiger partial charge in [0.05, 0.1) is 14.2 Å². The summed E-state index contributed by atoms with van der Waals surface area (Å²) >= 11 is 0. The Hall–Kier alpha value is -0.673. The van der Waals surface area contributed by atoms with Crippen molar-refractivity contribution < 1.29 is 9.53 Å². The summed E-state index contributed by atoms with van der Waals surface area (Å²) in [6.45, 7) is 9.09. The van der Waals surface area contributed by atoms with Crippen LogP contribution in [0.15, 0.2) is 22.9 Å². The number of hydrogen-bond donors (Lipinski definition) is 0. The minimum absolute atomic E-state index is 0.103. The van der Waals surface area contributed by atoms with E-state index in [1.807, 2.05) is 0 Å². The molecule has 2 aliphatic heterocycles. The van der Waals surface area contributed by atoms with E-state index in [-0.39, 0.29) is 11.7 Å². The van der Waals surface area contributed by atoms with Crippen molar-refractivity contribution in [3.8, 4) is 0 Å². The van der Waals surface area contributed by atoms with Crippen molar-refractivity contribution in [2.24, 2.45) is 5.92 Å². The Labute approximate surface area is 104 Å². The van der Waals surface area contributed by atoms with Crippen LogP contribution in [0.4, 0.5) is 0 Å². The lowest BCUT2D eigenvalue weighted by atomic mass is 9.74. The molecule has 2 heterocycles. The van der Waals surface area contributed by atoms with E-state index in [4.69, 9.17) is 4.74 Å². The van der Waals surface area contributed by atoms with Gasteiger partial charge in [-0.3, -0.25) is 4.79 Å². The smallest absolute Gasteiger partial charge is 0.162 e. The van der Waals surface area contributed by atoms with Gasteiger partial charge in [0.15, 0.2) is 5.78 Å². The molecule has 1 saturated carbocycles. The van der Waals surface area contributed by atoms with Gasteiger partial charge in [-0.1, -0.05) is 32.6 Å². The molecule has 0 aromatic heterocycles. The van der Waals surface area contributed by atoms with Crippen LogP contribution in [0.1, 0.15) is 19.8 Å². The van der Waals surface area contributed by atoms with Gasteiger partial charge in [-0.15, -0.1) is 0 Å². The second kappa shape index (κ2) is 3.21. The summed E-state index contributed by atoms with van der Waals surface area (Å²) in [5.41, 5.74) is 0.706. The van der Waals surface area contributed by atoms with Gasteiger partial charge in [0.25, 0.3) is 0 Å². The van der Waals surface area contributed by atoms with Crippen LogP contribution in [0.3, 0.4) is 0 Å². The Morgan fingerprint density at radius 1 is 1.41 bits per heavy atom. The zero-order valence-corrected chi connectivity index (χ0v) is 12.0. The molecule has 0 aromatic rings. The first-order valence-electron chi connectivity index (χ1n) is 6.49. The van der Waals surface area contributed by atoms with Gasteiger partial charge in [0.1, 0.15) is 5.60 Å². The Balaban J connectivity index is 2.16. The molecule has 1 fully saturated rings. The molecule has 0 radical (unpaired) electrons. The van der Waals surface area contributed by atoms with Gasteiger partial charge in [-0.05, 0) is 23.6 Å². The van der Waals surface area contributed by atoms with E-state index in [2.05, 4.69) is 38.7 Å². The lowest BCUT2D eigenvalue weighted by Crippen LogP contribution is -2.40. The normalized spacial score (nSPS) is 40.1. The van der Waals surface area contributed by atoms with Gasteiger partial charge in [0, 0.05) is 12.0 Å². The van der Waals surface area contributed by atoms with Crippen molar-refractivity contribution in [2.75, 3.05) is 0 Å². The largest absolute Gasteiger partial charge is 0.355 e. The maximum atomic E-state index is 12.4. The monoisotopic (exact) mass is 248 g/mol. The van der Waals surface area contributed by atoms with E-state index in [0.29, 0.717) is 18.1 Å². The first-order chi connectivity index (χ1) is 7.83. The first kappa shape index (κ1) is 11.4. The van der Waals surface area contributed by atoms with Gasteiger partial charge in [-0.25, -0.2) is 0 Å². The average Bonchev–Trinajstić information content (AvgIpc) is 2.68. The lowest BCUT2D eigenvalue weighted by molar-refractivity contribution is -0.120. The molecule has 0 saturated heterocycles. The Bertz CT molecular complexity index is 455. The fourth-order valence-electron chi connectivity index (χ4n) is 3.63. The number of ketones is 1. The molecule has 1 spiro atoms. The summed E-state index contributed by atoms with van der Waals surface area (Å²) in [4.78, 5) is 12.4. The second-order valence-electron chi connectivity index (χ2n) is 6.76. The molecule has 1 unspecified atom stereocenters. The van der Waals surface area contributed by atoms with E-state index in [9.17, 15) is 4.79 Å². The van der Waals surface area contributed by atoms with Gasteiger partial charge in [-0.2, -0.15) is 0 Å². The molecule has 0 N–H and O–H groups in total. The Kier molecular flexibility index (Phi) is 2.15. The van der Waals surface area contributed by atoms with E-state index < -0.39 is 8.07 Å². The topological polar surface area (TPSA) is 26.3 Å². The van der Waals surface area contributed by atoms with E-state index in [1.165, 1.54) is 5.20 Å². The van der Waals surface area contributed by atoms with E-state index >= 15 is 0 Å². The molecule has 3 rings (SSSR count). The fourth-order valence-corrected chi connectivity index (χ4v) is 5.74. The zero-order valence-electron chi connectivity index (χ0n) is 11.0. The first-order valence-corrected chi connectivity index (χ1v) is 9.99. The molecular formula is C14H20O2Si. The predicted molar refractivity (Wildman–Crippen MR) is 70.5 cm³/mol. The van der Waals surface area contributed by atoms with Crippen LogP contribution in [0.25, 0.3) is 0 Å². The third kappa shape index (κ3) is 1.45. The molecule has 2 nitrogen and oxygen atoms in total. The fraction of sp³-hybridized carbons (Fsp3) is 0.643. The van der Waals surface area contributed by atoms with Crippen molar-refractivity contribution >= 4 is 13.9 Å². The highest BCUT2D eigenvalue weighted by Gasteiger charge is 2.55. The number of carbonyl (C=O) groups is 1. The molecule has 0 aromatic carbocycles. The maximum Gasteiger partial charge on any atom is 0.162 e. The average molecular weight is 248 g/mol. The number of rotatable bonds is 1. The summed E-state index contributed by atoms with van der Waals surface area (Å²) in [5.74, 6) is 0.781. The second-order valence-corrected chi connectivity index (χ2v) is 11.8. The van der Waals surface area contributed by atoms with Gasteiger partial charge >= 0.3 is 0 Å². The van der Waals surface area contributed by atoms with Crippen molar-refractivity contribution in [2.45, 2.75) is 51.1 Å². The van der Waals surface area contributed by atoms with Crippen molar-refractivity contribution in [3.05, 3.63) is 22.9 Å². The van der Waals surface area contributed by atoms with Crippen LogP contribution in [0, 0.1) is 5.92 Å². The van der Waals surface area contributed by atoms with E-state index in [1.54, 1.807) is 0 Å². The predicted octanol–water partition coefficient (Wildman–Crippen LogP) is 2.87. The number of carbonyl (C=O) groups excluding carboxylic acids is 1. The van der Waals surface area contributed by atoms with Gasteiger partial charge < -0.3 is 4.74 Å². The lowest BCUT2D eigenvalue weighted by Gasteiger charge is -2.35. The Morgan fingerprint density at radius 3 is 2.76 bits per heavy atom. The molecule has 17 heavy (non-hydrogen) atoms. The zero-order chi connectivity index (χ0) is 12.4. The number of Topliss-reactive ketones (excluding diaryl/α,β-unsaturated/α-hetero) is 1. The van der Waals surface area contributed by atoms with Crippen molar-refractivity contribution in [1.82, 2.24) is 0 Å². The number of hydrogen-bond acceptors (Lipinski definition) is 2. The number of ether oxygens (including phenoxy) is 1. The highest BCUT2D eigenvalue weighted by molar-refractivity contribution is 6.84. The van der Waals surface area contributed by atoms with Crippen LogP contribution in [-0.2, 0) is 9.53 Å². The van der Waals surface area contributed by atoms with Crippen LogP contribution >= 0.6 is 0 Å². The summed E-state index contributed by atoms with van der Waals surface area (Å²) in [6.07, 6.45) is 6.10. The minimum Gasteiger partial charge on any atom is -0.355 e. The Morgan fingerprint density at radius 2 is 2.12 bits per heavy atom. The molecule has 2 bridgehead atoms. The van der Waals surface area contributed by atoms with Crippen molar-refractivity contribution in [1.29, 1.82) is 0 Å². The minimum atomic E-state index is -1.47. The summed E-state index contributed by atoms with van der Waals surface area (Å²) in [7, 11) is -1.47. The van der Waals surface area contributed by atoms with Gasteiger partial charge in [0.2, 0.25) is 0 Å². The molecule has 3 aliphatic rings. The molecule has 3 atom stereocenters. The maximum absolute atomic E-state index is 12.4. The van der Waals surface area contributed by atoms with Crippen LogP contribution in [-0.4, -0.2) is 25.6 Å². The van der Waals surface area contributed by atoms with Crippen LogP contribution < -0.4 is 0 Å². The molecular weight excluding hydrogens is 228 g/mol. The molecule has 3 heteroatoms. The SMILES string of the molecule is CC1CC(=O)C2=C([Si](C)(C)C)[C@@H]3C=C[C@@]2(C1)O3. The molecule has 1 aliphatic carbocycles. The van der Waals surface area contributed by atoms with Crippen LogP contribution in [0.2, 0.25) is 19.6 Å². The standard InChI is InChI=1S/C14H20O2Si/c1-9-7-10(15)12-13(17(2,3)4)11-5-6-14(12,8-9)16-11/h5-6,9,11H,7-8H2,1-4H3/t9?,11-,14-/m0/s1.